The van der Waals surface area contributed by atoms with Gasteiger partial charge < -0.3 is 9.47 Å². The SMILES string of the molecule is CCCCCCCCCCOc1ccc2c(ccc3nc(OCCCC)ccc32)c1. The number of ether oxygens (including phenoxy) is 2. The molecule has 0 unspecified atom stereocenters. The first-order valence-corrected chi connectivity index (χ1v) is 11.9. The summed E-state index contributed by atoms with van der Waals surface area (Å²) >= 11 is 0. The van der Waals surface area contributed by atoms with Crippen LogP contribution in [0, 0.1) is 0 Å². The van der Waals surface area contributed by atoms with Gasteiger partial charge in [0.1, 0.15) is 5.75 Å². The Morgan fingerprint density at radius 3 is 2.13 bits per heavy atom. The van der Waals surface area contributed by atoms with E-state index < -0.39 is 0 Å². The number of hydrogen-bond donors (Lipinski definition) is 0. The monoisotopic (exact) mass is 407 g/mol. The topological polar surface area (TPSA) is 31.4 Å². The molecule has 0 N–H and O–H groups in total. The Balaban J connectivity index is 1.52. The molecule has 1 aromatic heterocycles. The van der Waals surface area contributed by atoms with Gasteiger partial charge in [-0.1, -0.05) is 77.3 Å². The second-order valence-electron chi connectivity index (χ2n) is 8.19. The molecule has 3 rings (SSSR count). The minimum Gasteiger partial charge on any atom is -0.494 e. The van der Waals surface area contributed by atoms with Crippen LogP contribution < -0.4 is 9.47 Å². The van der Waals surface area contributed by atoms with Gasteiger partial charge in [0, 0.05) is 11.5 Å². The van der Waals surface area contributed by atoms with E-state index in [4.69, 9.17) is 9.47 Å². The van der Waals surface area contributed by atoms with E-state index in [1.807, 2.05) is 6.07 Å². The molecule has 0 aliphatic heterocycles. The first-order valence-electron chi connectivity index (χ1n) is 11.9. The Morgan fingerprint density at radius 2 is 1.33 bits per heavy atom. The summed E-state index contributed by atoms with van der Waals surface area (Å²) in [4.78, 5) is 4.67. The lowest BCUT2D eigenvalue weighted by Gasteiger charge is -2.10. The summed E-state index contributed by atoms with van der Waals surface area (Å²) in [5.41, 5.74) is 0.976. The fourth-order valence-electron chi connectivity index (χ4n) is 3.82. The third-order valence-electron chi connectivity index (χ3n) is 5.65. The Kier molecular flexibility index (Phi) is 9.27. The van der Waals surface area contributed by atoms with Gasteiger partial charge in [0.25, 0.3) is 0 Å². The van der Waals surface area contributed by atoms with Gasteiger partial charge in [-0.15, -0.1) is 0 Å². The van der Waals surface area contributed by atoms with Crippen LogP contribution in [0.25, 0.3) is 21.7 Å². The van der Waals surface area contributed by atoms with Gasteiger partial charge in [-0.3, -0.25) is 0 Å². The fourth-order valence-corrected chi connectivity index (χ4v) is 3.82. The molecule has 30 heavy (non-hydrogen) atoms. The molecule has 0 saturated carbocycles. The molecular weight excluding hydrogens is 370 g/mol. The van der Waals surface area contributed by atoms with Gasteiger partial charge in [0.15, 0.2) is 0 Å². The zero-order chi connectivity index (χ0) is 21.0. The van der Waals surface area contributed by atoms with Gasteiger partial charge >= 0.3 is 0 Å². The molecule has 0 spiro atoms. The maximum atomic E-state index is 6.01. The fraction of sp³-hybridized carbons (Fsp3) is 0.519. The third-order valence-corrected chi connectivity index (χ3v) is 5.65. The predicted octanol–water partition coefficient (Wildman–Crippen LogP) is 8.09. The van der Waals surface area contributed by atoms with Gasteiger partial charge in [-0.25, -0.2) is 4.98 Å². The lowest BCUT2D eigenvalue weighted by molar-refractivity contribution is 0.299. The highest BCUT2D eigenvalue weighted by molar-refractivity contribution is 6.06. The molecule has 0 bridgehead atoms. The van der Waals surface area contributed by atoms with E-state index in [-0.39, 0.29) is 0 Å². The molecule has 2 aromatic carbocycles. The van der Waals surface area contributed by atoms with Crippen LogP contribution in [0.5, 0.6) is 11.6 Å². The van der Waals surface area contributed by atoms with Crippen molar-refractivity contribution < 1.29 is 9.47 Å². The van der Waals surface area contributed by atoms with Crippen LogP contribution in [0.15, 0.2) is 42.5 Å². The lowest BCUT2D eigenvalue weighted by Crippen LogP contribution is -1.98. The number of hydrogen-bond acceptors (Lipinski definition) is 3. The average Bonchev–Trinajstić information content (AvgIpc) is 2.77. The summed E-state index contributed by atoms with van der Waals surface area (Å²) in [6, 6.07) is 14.7. The van der Waals surface area contributed by atoms with E-state index in [2.05, 4.69) is 55.2 Å². The molecule has 0 radical (unpaired) electrons. The van der Waals surface area contributed by atoms with E-state index in [9.17, 15) is 0 Å². The van der Waals surface area contributed by atoms with Crippen molar-refractivity contribution in [1.29, 1.82) is 0 Å². The summed E-state index contributed by atoms with van der Waals surface area (Å²) in [5.74, 6) is 1.66. The molecule has 0 atom stereocenters. The Bertz CT molecular complexity index is 906. The zero-order valence-electron chi connectivity index (χ0n) is 18.8. The lowest BCUT2D eigenvalue weighted by atomic mass is 10.0. The molecule has 3 nitrogen and oxygen atoms in total. The molecule has 3 heteroatoms. The number of aromatic nitrogens is 1. The number of unbranched alkanes of at least 4 members (excludes halogenated alkanes) is 8. The van der Waals surface area contributed by atoms with E-state index >= 15 is 0 Å². The van der Waals surface area contributed by atoms with Crippen LogP contribution in [0.1, 0.15) is 78.1 Å². The molecule has 3 aromatic rings. The highest BCUT2D eigenvalue weighted by Gasteiger charge is 2.05. The Labute approximate surface area is 181 Å². The summed E-state index contributed by atoms with van der Waals surface area (Å²) < 4.78 is 11.8. The standard InChI is InChI=1S/C27H37NO2/c1-3-5-7-8-9-10-11-12-20-29-23-14-15-24-22(21-23)13-17-26-25(24)16-18-27(28-26)30-19-6-4-2/h13-18,21H,3-12,19-20H2,1-2H3. The van der Waals surface area contributed by atoms with Crippen LogP contribution in [-0.4, -0.2) is 18.2 Å². The normalized spacial score (nSPS) is 11.3. The number of fused-ring (bicyclic) bond motifs is 3. The van der Waals surface area contributed by atoms with Gasteiger partial charge in [-0.05, 0) is 47.9 Å². The van der Waals surface area contributed by atoms with E-state index in [0.717, 1.165) is 49.1 Å². The van der Waals surface area contributed by atoms with Crippen LogP contribution in [0.2, 0.25) is 0 Å². The van der Waals surface area contributed by atoms with Crippen molar-refractivity contribution in [2.24, 2.45) is 0 Å². The molecule has 0 amide bonds. The average molecular weight is 408 g/mol. The van der Waals surface area contributed by atoms with Gasteiger partial charge in [0.2, 0.25) is 5.88 Å². The first-order chi connectivity index (χ1) is 14.8. The van der Waals surface area contributed by atoms with Crippen molar-refractivity contribution in [3.05, 3.63) is 42.5 Å². The largest absolute Gasteiger partial charge is 0.494 e. The molecular formula is C27H37NO2. The van der Waals surface area contributed by atoms with Crippen molar-refractivity contribution >= 4 is 21.7 Å². The third kappa shape index (κ3) is 6.62. The minimum absolute atomic E-state index is 0.709. The zero-order valence-corrected chi connectivity index (χ0v) is 18.8. The second kappa shape index (κ2) is 12.4. The van der Waals surface area contributed by atoms with Crippen LogP contribution in [0.3, 0.4) is 0 Å². The van der Waals surface area contributed by atoms with E-state index in [1.54, 1.807) is 0 Å². The van der Waals surface area contributed by atoms with Crippen molar-refractivity contribution in [2.45, 2.75) is 78.1 Å². The summed E-state index contributed by atoms with van der Waals surface area (Å²) in [7, 11) is 0. The first kappa shape index (κ1) is 22.4. The molecule has 0 aliphatic rings. The molecule has 0 saturated heterocycles. The molecule has 1 heterocycles. The highest BCUT2D eigenvalue weighted by atomic mass is 16.5. The van der Waals surface area contributed by atoms with Crippen molar-refractivity contribution in [3.63, 3.8) is 0 Å². The number of nitrogens with zero attached hydrogens (tertiary/aromatic N) is 1. The maximum Gasteiger partial charge on any atom is 0.213 e. The summed E-state index contributed by atoms with van der Waals surface area (Å²) in [6.07, 6.45) is 12.7. The summed E-state index contributed by atoms with van der Waals surface area (Å²) in [6.45, 7) is 5.96. The quantitative estimate of drug-likeness (QED) is 0.200. The van der Waals surface area contributed by atoms with Gasteiger partial charge in [-0.2, -0.15) is 0 Å². The Hall–Kier alpha value is -2.29. The maximum absolute atomic E-state index is 6.01. The van der Waals surface area contributed by atoms with Crippen molar-refractivity contribution in [2.75, 3.05) is 13.2 Å². The van der Waals surface area contributed by atoms with Crippen molar-refractivity contribution in [1.82, 2.24) is 4.98 Å². The summed E-state index contributed by atoms with van der Waals surface area (Å²) in [5, 5.41) is 3.56. The molecule has 162 valence electrons. The second-order valence-corrected chi connectivity index (χ2v) is 8.19. The van der Waals surface area contributed by atoms with Crippen LogP contribution in [0.4, 0.5) is 0 Å². The van der Waals surface area contributed by atoms with Gasteiger partial charge in [0.05, 0.1) is 18.7 Å². The number of rotatable bonds is 14. The predicted molar refractivity (Wildman–Crippen MR) is 128 cm³/mol. The van der Waals surface area contributed by atoms with Crippen LogP contribution in [-0.2, 0) is 0 Å². The van der Waals surface area contributed by atoms with E-state index in [0.29, 0.717) is 5.88 Å². The van der Waals surface area contributed by atoms with E-state index in [1.165, 1.54) is 55.7 Å². The van der Waals surface area contributed by atoms with Crippen molar-refractivity contribution in [3.8, 4) is 11.6 Å². The Morgan fingerprint density at radius 1 is 0.633 bits per heavy atom. The smallest absolute Gasteiger partial charge is 0.213 e. The molecule has 0 aliphatic carbocycles. The minimum atomic E-state index is 0.709. The molecule has 0 fully saturated rings. The number of pyridine rings is 1. The number of benzene rings is 2. The highest BCUT2D eigenvalue weighted by Crippen LogP contribution is 2.29. The van der Waals surface area contributed by atoms with Crippen LogP contribution >= 0.6 is 0 Å².